The van der Waals surface area contributed by atoms with Gasteiger partial charge in [0.15, 0.2) is 5.82 Å². The molecule has 21 heavy (non-hydrogen) atoms. The minimum Gasteiger partial charge on any atom is -0.323 e. The molecule has 0 saturated carbocycles. The maximum Gasteiger partial charge on any atom is 0.155 e. The predicted octanol–water partition coefficient (Wildman–Crippen LogP) is 3.27. The zero-order valence-electron chi connectivity index (χ0n) is 12.7. The lowest BCUT2D eigenvalue weighted by Crippen LogP contribution is -2.23. The number of nitrogens with zero attached hydrogens (tertiary/aromatic N) is 3. The number of hydrogen-bond donors (Lipinski definition) is 1. The molecule has 0 amide bonds. The first kappa shape index (κ1) is 15.4. The fraction of sp³-hybridized carbons (Fsp3) is 0.375. The van der Waals surface area contributed by atoms with E-state index in [2.05, 4.69) is 29.4 Å². The van der Waals surface area contributed by atoms with Gasteiger partial charge in [-0.05, 0) is 31.2 Å². The van der Waals surface area contributed by atoms with Gasteiger partial charge in [-0.25, -0.2) is 4.39 Å². The highest BCUT2D eigenvalue weighted by atomic mass is 19.1. The standard InChI is InChI=1S/C16H21FN4/c1-4-21(15-8-6-5-7-14(15)17)16-10-9-13(19-20-16)11-18-12(2)3/h5-10,12,18H,4,11H2,1-3H3. The Kier molecular flexibility index (Phi) is 5.22. The van der Waals surface area contributed by atoms with E-state index >= 15 is 0 Å². The van der Waals surface area contributed by atoms with Crippen LogP contribution in [0.4, 0.5) is 15.9 Å². The highest BCUT2D eigenvalue weighted by molar-refractivity contribution is 5.59. The Morgan fingerprint density at radius 2 is 1.90 bits per heavy atom. The fourth-order valence-electron chi connectivity index (χ4n) is 2.03. The maximum atomic E-state index is 13.9. The Balaban J connectivity index is 2.18. The van der Waals surface area contributed by atoms with Crippen molar-refractivity contribution in [2.45, 2.75) is 33.4 Å². The molecule has 4 nitrogen and oxygen atoms in total. The Hall–Kier alpha value is -2.01. The SMILES string of the molecule is CCN(c1ccc(CNC(C)C)nn1)c1ccccc1F. The number of rotatable bonds is 6. The van der Waals surface area contributed by atoms with Gasteiger partial charge in [-0.2, -0.15) is 5.10 Å². The van der Waals surface area contributed by atoms with Crippen LogP contribution < -0.4 is 10.2 Å². The van der Waals surface area contributed by atoms with Gasteiger partial charge in [-0.15, -0.1) is 5.10 Å². The highest BCUT2D eigenvalue weighted by Crippen LogP contribution is 2.25. The lowest BCUT2D eigenvalue weighted by Gasteiger charge is -2.22. The minimum atomic E-state index is -0.258. The number of hydrogen-bond acceptors (Lipinski definition) is 4. The van der Waals surface area contributed by atoms with E-state index < -0.39 is 0 Å². The molecule has 0 aliphatic rings. The third kappa shape index (κ3) is 3.98. The van der Waals surface area contributed by atoms with Crippen molar-refractivity contribution < 1.29 is 4.39 Å². The summed E-state index contributed by atoms with van der Waals surface area (Å²) in [5, 5.41) is 11.7. The zero-order valence-corrected chi connectivity index (χ0v) is 12.7. The van der Waals surface area contributed by atoms with E-state index in [9.17, 15) is 4.39 Å². The average Bonchev–Trinajstić information content (AvgIpc) is 2.49. The van der Waals surface area contributed by atoms with Crippen LogP contribution in [0.1, 0.15) is 26.5 Å². The Labute approximate surface area is 125 Å². The molecule has 1 aromatic heterocycles. The molecule has 2 aromatic rings. The van der Waals surface area contributed by atoms with Crippen molar-refractivity contribution in [2.75, 3.05) is 11.4 Å². The van der Waals surface area contributed by atoms with Crippen molar-refractivity contribution in [1.82, 2.24) is 15.5 Å². The second-order valence-corrected chi connectivity index (χ2v) is 5.11. The first-order chi connectivity index (χ1) is 10.1. The van der Waals surface area contributed by atoms with Crippen LogP contribution >= 0.6 is 0 Å². The predicted molar refractivity (Wildman–Crippen MR) is 83.1 cm³/mol. The van der Waals surface area contributed by atoms with Crippen LogP contribution in [0.25, 0.3) is 0 Å². The van der Waals surface area contributed by atoms with Gasteiger partial charge >= 0.3 is 0 Å². The van der Waals surface area contributed by atoms with Crippen molar-refractivity contribution in [2.24, 2.45) is 0 Å². The van der Waals surface area contributed by atoms with Gasteiger partial charge < -0.3 is 10.2 Å². The van der Waals surface area contributed by atoms with Gasteiger partial charge in [0.1, 0.15) is 5.82 Å². The quantitative estimate of drug-likeness (QED) is 0.885. The molecule has 5 heteroatoms. The number of nitrogens with one attached hydrogen (secondary N) is 1. The molecule has 0 bridgehead atoms. The van der Waals surface area contributed by atoms with E-state index in [4.69, 9.17) is 0 Å². The van der Waals surface area contributed by atoms with Crippen LogP contribution in [0.3, 0.4) is 0 Å². The second kappa shape index (κ2) is 7.13. The number of benzene rings is 1. The lowest BCUT2D eigenvalue weighted by atomic mass is 10.2. The van der Waals surface area contributed by atoms with Gasteiger partial charge in [0.05, 0.1) is 11.4 Å². The van der Waals surface area contributed by atoms with Crippen molar-refractivity contribution in [3.63, 3.8) is 0 Å². The summed E-state index contributed by atoms with van der Waals surface area (Å²) in [6, 6.07) is 10.9. The smallest absolute Gasteiger partial charge is 0.155 e. The molecule has 112 valence electrons. The second-order valence-electron chi connectivity index (χ2n) is 5.11. The van der Waals surface area contributed by atoms with Crippen LogP contribution in [-0.4, -0.2) is 22.8 Å². The largest absolute Gasteiger partial charge is 0.323 e. The molecule has 0 radical (unpaired) electrons. The normalized spacial score (nSPS) is 10.9. The third-order valence-electron chi connectivity index (χ3n) is 3.13. The van der Waals surface area contributed by atoms with Crippen LogP contribution in [-0.2, 0) is 6.54 Å². The van der Waals surface area contributed by atoms with Crippen molar-refractivity contribution >= 4 is 11.5 Å². The Morgan fingerprint density at radius 3 is 2.48 bits per heavy atom. The number of anilines is 2. The Bertz CT molecular complexity index is 569. The summed E-state index contributed by atoms with van der Waals surface area (Å²) >= 11 is 0. The number of aromatic nitrogens is 2. The molecular weight excluding hydrogens is 267 g/mol. The summed E-state index contributed by atoms with van der Waals surface area (Å²) in [4.78, 5) is 1.81. The van der Waals surface area contributed by atoms with Gasteiger partial charge in [0.25, 0.3) is 0 Å². The summed E-state index contributed by atoms with van der Waals surface area (Å²) in [5.41, 5.74) is 1.39. The monoisotopic (exact) mass is 288 g/mol. The molecule has 0 spiro atoms. The van der Waals surface area contributed by atoms with E-state index in [-0.39, 0.29) is 5.82 Å². The third-order valence-corrected chi connectivity index (χ3v) is 3.13. The molecule has 0 atom stereocenters. The minimum absolute atomic E-state index is 0.258. The van der Waals surface area contributed by atoms with Crippen molar-refractivity contribution in [3.8, 4) is 0 Å². The van der Waals surface area contributed by atoms with E-state index in [1.54, 1.807) is 12.1 Å². The van der Waals surface area contributed by atoms with E-state index in [1.165, 1.54) is 6.07 Å². The first-order valence-corrected chi connectivity index (χ1v) is 7.20. The van der Waals surface area contributed by atoms with Crippen molar-refractivity contribution in [1.29, 1.82) is 0 Å². The van der Waals surface area contributed by atoms with Gasteiger partial charge in [-0.1, -0.05) is 26.0 Å². The number of para-hydroxylation sites is 1. The fourth-order valence-corrected chi connectivity index (χ4v) is 2.03. The van der Waals surface area contributed by atoms with E-state index in [1.807, 2.05) is 30.0 Å². The molecule has 0 aliphatic heterocycles. The number of halogens is 1. The summed E-state index contributed by atoms with van der Waals surface area (Å²) in [5.74, 6) is 0.391. The van der Waals surface area contributed by atoms with Crippen LogP contribution in [0.2, 0.25) is 0 Å². The van der Waals surface area contributed by atoms with Gasteiger partial charge in [-0.3, -0.25) is 0 Å². The Morgan fingerprint density at radius 1 is 1.14 bits per heavy atom. The van der Waals surface area contributed by atoms with Crippen molar-refractivity contribution in [3.05, 3.63) is 47.9 Å². The molecular formula is C16H21FN4. The molecule has 1 heterocycles. The highest BCUT2D eigenvalue weighted by Gasteiger charge is 2.13. The van der Waals surface area contributed by atoms with Gasteiger partial charge in [0.2, 0.25) is 0 Å². The summed E-state index contributed by atoms with van der Waals surface area (Å²) in [7, 11) is 0. The van der Waals surface area contributed by atoms with Crippen LogP contribution in [0.15, 0.2) is 36.4 Å². The first-order valence-electron chi connectivity index (χ1n) is 7.20. The summed E-state index contributed by atoms with van der Waals surface area (Å²) in [6.45, 7) is 7.43. The van der Waals surface area contributed by atoms with Crippen LogP contribution in [0, 0.1) is 5.82 Å². The summed E-state index contributed by atoms with van der Waals surface area (Å²) < 4.78 is 13.9. The molecule has 0 aliphatic carbocycles. The molecule has 1 aromatic carbocycles. The molecule has 0 unspecified atom stereocenters. The van der Waals surface area contributed by atoms with Crippen LogP contribution in [0.5, 0.6) is 0 Å². The molecule has 2 rings (SSSR count). The summed E-state index contributed by atoms with van der Waals surface area (Å²) in [6.07, 6.45) is 0. The maximum absolute atomic E-state index is 13.9. The zero-order chi connectivity index (χ0) is 15.2. The van der Waals surface area contributed by atoms with E-state index in [0.717, 1.165) is 5.69 Å². The van der Waals surface area contributed by atoms with E-state index in [0.29, 0.717) is 30.6 Å². The van der Waals surface area contributed by atoms with Gasteiger partial charge in [0, 0.05) is 19.1 Å². The molecule has 0 fully saturated rings. The molecule has 1 N–H and O–H groups in total. The lowest BCUT2D eigenvalue weighted by molar-refractivity contribution is 0.577. The average molecular weight is 288 g/mol. The topological polar surface area (TPSA) is 41.0 Å². The molecule has 0 saturated heterocycles.